The monoisotopic (exact) mass is 246 g/mol. The Balaban J connectivity index is 2.28. The number of anilines is 1. The van der Waals surface area contributed by atoms with E-state index < -0.39 is 5.41 Å². The molecular weight excluding hydrogens is 224 g/mol. The van der Waals surface area contributed by atoms with Gasteiger partial charge in [0.15, 0.2) is 0 Å². The van der Waals surface area contributed by atoms with Crippen LogP contribution < -0.4 is 10.6 Å². The number of nitrogens with one attached hydrogen (secondary N) is 2. The van der Waals surface area contributed by atoms with Crippen LogP contribution in [-0.4, -0.2) is 19.0 Å². The molecule has 1 aromatic rings. The summed E-state index contributed by atoms with van der Waals surface area (Å²) in [6.45, 7) is 6.14. The van der Waals surface area contributed by atoms with Gasteiger partial charge in [0.25, 0.3) is 0 Å². The molecule has 0 fully saturated rings. The summed E-state index contributed by atoms with van der Waals surface area (Å²) in [7, 11) is 2.00. The van der Waals surface area contributed by atoms with Gasteiger partial charge in [-0.2, -0.15) is 0 Å². The molecule has 3 heteroatoms. The summed E-state index contributed by atoms with van der Waals surface area (Å²) in [6, 6.07) is 6.81. The lowest BCUT2D eigenvalue weighted by atomic mass is 9.85. The highest BCUT2D eigenvalue weighted by molar-refractivity contribution is 6.05. The fourth-order valence-electron chi connectivity index (χ4n) is 2.48. The average molecular weight is 246 g/mol. The van der Waals surface area contributed by atoms with Gasteiger partial charge in [-0.05, 0) is 50.9 Å². The molecule has 98 valence electrons. The first kappa shape index (κ1) is 13.1. The molecule has 0 aliphatic carbocycles. The minimum atomic E-state index is -0.410. The third kappa shape index (κ3) is 2.15. The van der Waals surface area contributed by atoms with Crippen molar-refractivity contribution in [2.45, 2.75) is 45.1 Å². The highest BCUT2D eigenvalue weighted by Crippen LogP contribution is 2.37. The number of likely N-dealkylation sites (N-methyl/N-ethyl adjacent to an activating group) is 1. The fraction of sp³-hybridized carbons (Fsp3) is 0.533. The van der Waals surface area contributed by atoms with Gasteiger partial charge in [-0.15, -0.1) is 0 Å². The number of carbonyl (C=O) groups excluding carboxylic acids is 1. The predicted molar refractivity (Wildman–Crippen MR) is 74.9 cm³/mol. The molecule has 2 rings (SSSR count). The molecule has 1 unspecified atom stereocenters. The topological polar surface area (TPSA) is 41.1 Å². The van der Waals surface area contributed by atoms with Gasteiger partial charge < -0.3 is 10.6 Å². The molecule has 0 saturated carbocycles. The summed E-state index contributed by atoms with van der Waals surface area (Å²) < 4.78 is 0. The number of carbonyl (C=O) groups is 1. The van der Waals surface area contributed by atoms with E-state index in [1.165, 1.54) is 5.56 Å². The molecule has 1 aliphatic rings. The van der Waals surface area contributed by atoms with Gasteiger partial charge in [0.05, 0.1) is 5.41 Å². The van der Waals surface area contributed by atoms with Crippen LogP contribution in [0.4, 0.5) is 5.69 Å². The lowest BCUT2D eigenvalue weighted by molar-refractivity contribution is -0.119. The van der Waals surface area contributed by atoms with Gasteiger partial charge in [0.2, 0.25) is 5.91 Å². The lowest BCUT2D eigenvalue weighted by Gasteiger charge is -2.18. The van der Waals surface area contributed by atoms with Gasteiger partial charge in [-0.25, -0.2) is 0 Å². The van der Waals surface area contributed by atoms with Crippen LogP contribution in [-0.2, 0) is 16.6 Å². The van der Waals surface area contributed by atoms with Gasteiger partial charge in [-0.1, -0.05) is 19.1 Å². The highest BCUT2D eigenvalue weighted by Gasteiger charge is 2.38. The SMILES string of the molecule is CCC(Cc1ccc2c(c1)C(C)(C)C(=O)N2)NC. The summed E-state index contributed by atoms with van der Waals surface area (Å²) in [4.78, 5) is 11.9. The maximum absolute atomic E-state index is 11.9. The van der Waals surface area contributed by atoms with Crippen molar-refractivity contribution in [1.82, 2.24) is 5.32 Å². The van der Waals surface area contributed by atoms with Crippen LogP contribution in [0.5, 0.6) is 0 Å². The van der Waals surface area contributed by atoms with Crippen LogP contribution in [0.25, 0.3) is 0 Å². The van der Waals surface area contributed by atoms with Crippen LogP contribution in [0.2, 0.25) is 0 Å². The Bertz CT molecular complexity index is 462. The number of amides is 1. The summed E-state index contributed by atoms with van der Waals surface area (Å²) in [5.41, 5.74) is 2.97. The van der Waals surface area contributed by atoms with Gasteiger partial charge in [0.1, 0.15) is 0 Å². The van der Waals surface area contributed by atoms with Crippen LogP contribution >= 0.6 is 0 Å². The first-order valence-corrected chi connectivity index (χ1v) is 6.61. The van der Waals surface area contributed by atoms with Gasteiger partial charge in [0, 0.05) is 11.7 Å². The number of hydrogen-bond acceptors (Lipinski definition) is 2. The minimum absolute atomic E-state index is 0.0929. The van der Waals surface area contributed by atoms with Crippen molar-refractivity contribution in [2.75, 3.05) is 12.4 Å². The molecule has 0 saturated heterocycles. The van der Waals surface area contributed by atoms with Crippen LogP contribution in [0, 0.1) is 0 Å². The van der Waals surface area contributed by atoms with Crippen LogP contribution in [0.3, 0.4) is 0 Å². The maximum atomic E-state index is 11.9. The third-order valence-electron chi connectivity index (χ3n) is 3.96. The second-order valence-corrected chi connectivity index (χ2v) is 5.56. The van der Waals surface area contributed by atoms with Crippen molar-refractivity contribution in [3.8, 4) is 0 Å². The van der Waals surface area contributed by atoms with E-state index in [9.17, 15) is 4.79 Å². The number of fused-ring (bicyclic) bond motifs is 1. The Labute approximate surface area is 109 Å². The molecule has 0 radical (unpaired) electrons. The van der Waals surface area contributed by atoms with E-state index in [1.54, 1.807) is 0 Å². The fourth-order valence-corrected chi connectivity index (χ4v) is 2.48. The molecule has 1 atom stereocenters. The quantitative estimate of drug-likeness (QED) is 0.857. The minimum Gasteiger partial charge on any atom is -0.325 e. The van der Waals surface area contributed by atoms with Crippen LogP contribution in [0.1, 0.15) is 38.3 Å². The Hall–Kier alpha value is -1.35. The second-order valence-electron chi connectivity index (χ2n) is 5.56. The molecule has 1 aromatic carbocycles. The Morgan fingerprint density at radius 1 is 1.39 bits per heavy atom. The summed E-state index contributed by atoms with van der Waals surface area (Å²) >= 11 is 0. The first-order valence-electron chi connectivity index (χ1n) is 6.61. The predicted octanol–water partition coefficient (Wildman–Crippen LogP) is 2.46. The average Bonchev–Trinajstić information content (AvgIpc) is 2.58. The molecule has 18 heavy (non-hydrogen) atoms. The van der Waals surface area contributed by atoms with E-state index >= 15 is 0 Å². The molecule has 2 N–H and O–H groups in total. The zero-order chi connectivity index (χ0) is 13.3. The van der Waals surface area contributed by atoms with E-state index in [0.29, 0.717) is 6.04 Å². The van der Waals surface area contributed by atoms with E-state index in [2.05, 4.69) is 29.7 Å². The molecule has 1 aliphatic heterocycles. The van der Waals surface area contributed by atoms with Gasteiger partial charge >= 0.3 is 0 Å². The second kappa shape index (κ2) is 4.73. The van der Waals surface area contributed by atoms with Crippen LogP contribution in [0.15, 0.2) is 18.2 Å². The van der Waals surface area contributed by atoms with Crippen molar-refractivity contribution in [2.24, 2.45) is 0 Å². The van der Waals surface area contributed by atoms with E-state index in [-0.39, 0.29) is 5.91 Å². The Kier molecular flexibility index (Phi) is 3.44. The molecular formula is C15H22N2O. The van der Waals surface area contributed by atoms with Crippen molar-refractivity contribution in [3.05, 3.63) is 29.3 Å². The largest absolute Gasteiger partial charge is 0.325 e. The summed E-state index contributed by atoms with van der Waals surface area (Å²) in [5.74, 6) is 0.0929. The van der Waals surface area contributed by atoms with Crippen molar-refractivity contribution in [3.63, 3.8) is 0 Å². The van der Waals surface area contributed by atoms with Crippen molar-refractivity contribution >= 4 is 11.6 Å². The van der Waals surface area contributed by atoms with Gasteiger partial charge in [-0.3, -0.25) is 4.79 Å². The summed E-state index contributed by atoms with van der Waals surface area (Å²) in [6.07, 6.45) is 2.11. The zero-order valence-electron chi connectivity index (χ0n) is 11.6. The smallest absolute Gasteiger partial charge is 0.234 e. The molecule has 3 nitrogen and oxygen atoms in total. The molecule has 1 amide bonds. The van der Waals surface area contributed by atoms with E-state index in [1.807, 2.05) is 27.0 Å². The highest BCUT2D eigenvalue weighted by atomic mass is 16.2. The summed E-state index contributed by atoms with van der Waals surface area (Å²) in [5, 5.41) is 6.26. The normalized spacial score (nSPS) is 18.3. The zero-order valence-corrected chi connectivity index (χ0v) is 11.6. The molecule has 1 heterocycles. The molecule has 0 bridgehead atoms. The van der Waals surface area contributed by atoms with E-state index in [0.717, 1.165) is 24.1 Å². The van der Waals surface area contributed by atoms with E-state index in [4.69, 9.17) is 0 Å². The Morgan fingerprint density at radius 3 is 2.72 bits per heavy atom. The molecule has 0 spiro atoms. The standard InChI is InChI=1S/C15H22N2O/c1-5-11(16-4)8-10-6-7-13-12(9-10)15(2,3)14(18)17-13/h6-7,9,11,16H,5,8H2,1-4H3,(H,17,18). The molecule has 0 aromatic heterocycles. The lowest BCUT2D eigenvalue weighted by Crippen LogP contribution is -2.28. The third-order valence-corrected chi connectivity index (χ3v) is 3.96. The number of benzene rings is 1. The first-order chi connectivity index (χ1) is 8.48. The number of hydrogen-bond donors (Lipinski definition) is 2. The maximum Gasteiger partial charge on any atom is 0.234 e. The van der Waals surface area contributed by atoms with Crippen molar-refractivity contribution in [1.29, 1.82) is 0 Å². The Morgan fingerprint density at radius 2 is 2.11 bits per heavy atom. The number of rotatable bonds is 4. The van der Waals surface area contributed by atoms with Crippen molar-refractivity contribution < 1.29 is 4.79 Å².